The highest BCUT2D eigenvalue weighted by atomic mass is 35.5. The summed E-state index contributed by atoms with van der Waals surface area (Å²) in [5.41, 5.74) is 0.157. The van der Waals surface area contributed by atoms with E-state index in [1.807, 2.05) is 0 Å². The molecular formula is C5H4ClFN2O. The van der Waals surface area contributed by atoms with Crippen LogP contribution >= 0.6 is 11.6 Å². The summed E-state index contributed by atoms with van der Waals surface area (Å²) < 4.78 is 12.0. The summed E-state index contributed by atoms with van der Waals surface area (Å²) in [6.45, 7) is -0.774. The molecule has 0 spiro atoms. The quantitative estimate of drug-likeness (QED) is 0.668. The van der Waals surface area contributed by atoms with Gasteiger partial charge in [-0.25, -0.2) is 4.39 Å². The lowest BCUT2D eigenvalue weighted by Gasteiger charge is -1.85. The van der Waals surface area contributed by atoms with E-state index in [9.17, 15) is 9.18 Å². The predicted molar refractivity (Wildman–Crippen MR) is 33.8 cm³/mol. The van der Waals surface area contributed by atoms with Crippen LogP contribution in [-0.2, 0) is 6.67 Å². The molecule has 0 aliphatic heterocycles. The van der Waals surface area contributed by atoms with Crippen LogP contribution in [0.15, 0.2) is 0 Å². The fourth-order valence-electron chi connectivity index (χ4n) is 0.581. The second kappa shape index (κ2) is 2.79. The number of carbonyl (C=O) groups excluding carboxylic acids is 1. The Kier molecular flexibility index (Phi) is 2.01. The normalized spacial score (nSPS) is 9.80. The molecule has 1 aromatic heterocycles. The van der Waals surface area contributed by atoms with Crippen molar-refractivity contribution in [2.24, 2.45) is 0 Å². The first-order valence-corrected chi connectivity index (χ1v) is 2.91. The Morgan fingerprint density at radius 1 is 1.80 bits per heavy atom. The maximum absolute atomic E-state index is 12.0. The van der Waals surface area contributed by atoms with Gasteiger partial charge < -0.3 is 0 Å². The van der Waals surface area contributed by atoms with Crippen LogP contribution in [0.5, 0.6) is 0 Å². The molecule has 54 valence electrons. The first-order chi connectivity index (χ1) is 4.79. The molecule has 0 aliphatic rings. The molecule has 1 N–H and O–H groups in total. The average molecular weight is 163 g/mol. The lowest BCUT2D eigenvalue weighted by Crippen LogP contribution is -1.85. The summed E-state index contributed by atoms with van der Waals surface area (Å²) in [4.78, 5) is 10.1. The van der Waals surface area contributed by atoms with Crippen molar-refractivity contribution in [1.29, 1.82) is 0 Å². The number of rotatable bonds is 2. The summed E-state index contributed by atoms with van der Waals surface area (Å²) >= 11 is 5.41. The van der Waals surface area contributed by atoms with Gasteiger partial charge in [0.15, 0.2) is 6.29 Å². The average Bonchev–Trinajstić information content (AvgIpc) is 2.30. The number of aromatic amines is 1. The molecule has 0 radical (unpaired) electrons. The summed E-state index contributed by atoms with van der Waals surface area (Å²) in [6.07, 6.45) is 0.456. The van der Waals surface area contributed by atoms with Gasteiger partial charge in [0, 0.05) is 0 Å². The number of hydrogen-bond acceptors (Lipinski definition) is 2. The zero-order valence-corrected chi connectivity index (χ0v) is 5.65. The number of nitrogens with zero attached hydrogens (tertiary/aromatic N) is 1. The van der Waals surface area contributed by atoms with Gasteiger partial charge >= 0.3 is 0 Å². The number of aldehydes is 1. The second-order valence-corrected chi connectivity index (χ2v) is 2.03. The Morgan fingerprint density at radius 3 is 2.90 bits per heavy atom. The van der Waals surface area contributed by atoms with Crippen molar-refractivity contribution in [3.05, 3.63) is 16.4 Å². The van der Waals surface area contributed by atoms with E-state index in [0.29, 0.717) is 6.29 Å². The van der Waals surface area contributed by atoms with Crippen molar-refractivity contribution in [2.45, 2.75) is 6.67 Å². The lowest BCUT2D eigenvalue weighted by molar-refractivity contribution is 0.111. The van der Waals surface area contributed by atoms with E-state index >= 15 is 0 Å². The molecule has 10 heavy (non-hydrogen) atoms. The van der Waals surface area contributed by atoms with Crippen molar-refractivity contribution in [1.82, 2.24) is 10.2 Å². The number of hydrogen-bond donors (Lipinski definition) is 1. The third-order valence-corrected chi connectivity index (χ3v) is 1.41. The molecule has 0 saturated heterocycles. The van der Waals surface area contributed by atoms with Crippen LogP contribution < -0.4 is 0 Å². The van der Waals surface area contributed by atoms with E-state index in [4.69, 9.17) is 11.6 Å². The van der Waals surface area contributed by atoms with Crippen molar-refractivity contribution >= 4 is 17.9 Å². The molecule has 0 amide bonds. The van der Waals surface area contributed by atoms with Gasteiger partial charge in [0.25, 0.3) is 0 Å². The summed E-state index contributed by atoms with van der Waals surface area (Å²) in [5.74, 6) is 0. The molecule has 0 unspecified atom stereocenters. The van der Waals surface area contributed by atoms with Crippen LogP contribution in [0.25, 0.3) is 0 Å². The minimum absolute atomic E-state index is 0.0347. The third kappa shape index (κ3) is 1.02. The molecule has 3 nitrogen and oxygen atoms in total. The van der Waals surface area contributed by atoms with Gasteiger partial charge in [0.2, 0.25) is 0 Å². The topological polar surface area (TPSA) is 45.8 Å². The van der Waals surface area contributed by atoms with Gasteiger partial charge in [0.05, 0.1) is 5.56 Å². The number of nitrogens with one attached hydrogen (secondary N) is 1. The standard InChI is InChI=1S/C5H4ClFN2O/c6-5-3(1-7)4(2-10)8-9-5/h2H,1H2,(H,8,9). The van der Waals surface area contributed by atoms with Crippen LogP contribution in [-0.4, -0.2) is 16.5 Å². The van der Waals surface area contributed by atoms with Gasteiger partial charge in [-0.15, -0.1) is 0 Å². The summed E-state index contributed by atoms with van der Waals surface area (Å²) in [5, 5.41) is 5.81. The van der Waals surface area contributed by atoms with E-state index in [1.54, 1.807) is 0 Å². The smallest absolute Gasteiger partial charge is 0.170 e. The molecule has 1 aromatic rings. The van der Waals surface area contributed by atoms with Crippen molar-refractivity contribution in [3.8, 4) is 0 Å². The van der Waals surface area contributed by atoms with E-state index < -0.39 is 6.67 Å². The largest absolute Gasteiger partial charge is 0.296 e. The maximum atomic E-state index is 12.0. The van der Waals surface area contributed by atoms with E-state index in [2.05, 4.69) is 10.2 Å². The first kappa shape index (κ1) is 7.21. The van der Waals surface area contributed by atoms with Crippen LogP contribution in [0, 0.1) is 0 Å². The van der Waals surface area contributed by atoms with Gasteiger partial charge in [-0.2, -0.15) is 5.10 Å². The van der Waals surface area contributed by atoms with Crippen molar-refractivity contribution < 1.29 is 9.18 Å². The van der Waals surface area contributed by atoms with Gasteiger partial charge in [0.1, 0.15) is 17.5 Å². The molecule has 0 aromatic carbocycles. The van der Waals surface area contributed by atoms with Crippen LogP contribution in [0.4, 0.5) is 4.39 Å². The minimum atomic E-state index is -0.774. The van der Waals surface area contributed by atoms with Gasteiger partial charge in [-0.05, 0) is 0 Å². The molecule has 1 rings (SSSR count). The number of alkyl halides is 1. The molecular weight excluding hydrogens is 159 g/mol. The number of halogens is 2. The SMILES string of the molecule is O=Cc1n[nH]c(Cl)c1CF. The molecule has 0 saturated carbocycles. The molecule has 0 bridgehead atoms. The lowest BCUT2D eigenvalue weighted by atomic mass is 10.3. The Hall–Kier alpha value is -0.900. The van der Waals surface area contributed by atoms with Crippen molar-refractivity contribution in [3.63, 3.8) is 0 Å². The third-order valence-electron chi connectivity index (χ3n) is 1.09. The minimum Gasteiger partial charge on any atom is -0.296 e. The van der Waals surface area contributed by atoms with Crippen LogP contribution in [0.2, 0.25) is 5.15 Å². The fraction of sp³-hybridized carbons (Fsp3) is 0.200. The second-order valence-electron chi connectivity index (χ2n) is 1.65. The highest BCUT2D eigenvalue weighted by Gasteiger charge is 2.09. The first-order valence-electron chi connectivity index (χ1n) is 2.53. The number of H-pyrrole nitrogens is 1. The number of carbonyl (C=O) groups is 1. The summed E-state index contributed by atoms with van der Waals surface area (Å²) in [7, 11) is 0. The predicted octanol–water partition coefficient (Wildman–Crippen LogP) is 1.35. The molecule has 5 heteroatoms. The fourth-order valence-corrected chi connectivity index (χ4v) is 0.771. The highest BCUT2D eigenvalue weighted by molar-refractivity contribution is 6.30. The van der Waals surface area contributed by atoms with Crippen LogP contribution in [0.3, 0.4) is 0 Å². The van der Waals surface area contributed by atoms with Gasteiger partial charge in [-0.3, -0.25) is 9.89 Å². The zero-order valence-electron chi connectivity index (χ0n) is 4.90. The monoisotopic (exact) mass is 162 g/mol. The zero-order chi connectivity index (χ0) is 7.56. The Bertz CT molecular complexity index is 248. The number of aromatic nitrogens is 2. The molecule has 0 atom stereocenters. The summed E-state index contributed by atoms with van der Waals surface area (Å²) in [6, 6.07) is 0. The molecule has 0 aliphatic carbocycles. The van der Waals surface area contributed by atoms with Crippen molar-refractivity contribution in [2.75, 3.05) is 0 Å². The Balaban J connectivity index is 3.12. The maximum Gasteiger partial charge on any atom is 0.170 e. The van der Waals surface area contributed by atoms with E-state index in [1.165, 1.54) is 0 Å². The van der Waals surface area contributed by atoms with Crippen LogP contribution in [0.1, 0.15) is 16.1 Å². The van der Waals surface area contributed by atoms with E-state index in [0.717, 1.165) is 0 Å². The Labute approximate surface area is 61.2 Å². The molecule has 1 heterocycles. The Morgan fingerprint density at radius 2 is 2.50 bits per heavy atom. The highest BCUT2D eigenvalue weighted by Crippen LogP contribution is 2.15. The van der Waals surface area contributed by atoms with E-state index in [-0.39, 0.29) is 16.4 Å². The molecule has 0 fully saturated rings. The van der Waals surface area contributed by atoms with Gasteiger partial charge in [-0.1, -0.05) is 11.6 Å².